The van der Waals surface area contributed by atoms with Gasteiger partial charge in [-0.2, -0.15) is 0 Å². The average molecular weight is 378 g/mol. The molecule has 0 bridgehead atoms. The van der Waals surface area contributed by atoms with Gasteiger partial charge in [0.25, 0.3) is 5.91 Å². The van der Waals surface area contributed by atoms with Crippen molar-refractivity contribution >= 4 is 22.9 Å². The number of anilines is 1. The molecule has 1 aromatic heterocycles. The lowest BCUT2D eigenvalue weighted by Crippen LogP contribution is -2.92. The maximum atomic E-state index is 13.2. The third kappa shape index (κ3) is 3.68. The van der Waals surface area contributed by atoms with Gasteiger partial charge in [-0.3, -0.25) is 4.79 Å². The summed E-state index contributed by atoms with van der Waals surface area (Å²) < 4.78 is 0. The molecule has 3 aromatic rings. The fourth-order valence-electron chi connectivity index (χ4n) is 3.80. The lowest BCUT2D eigenvalue weighted by Gasteiger charge is -2.24. The number of para-hydroxylation sites is 1. The molecule has 2 aromatic carbocycles. The molecule has 4 rings (SSSR count). The van der Waals surface area contributed by atoms with E-state index in [-0.39, 0.29) is 18.0 Å². The molecule has 0 unspecified atom stereocenters. The van der Waals surface area contributed by atoms with Gasteiger partial charge in [0.15, 0.2) is 6.04 Å². The van der Waals surface area contributed by atoms with Crippen LogP contribution >= 0.6 is 11.3 Å². The number of amides is 1. The van der Waals surface area contributed by atoms with E-state index in [2.05, 4.69) is 66.2 Å². The van der Waals surface area contributed by atoms with Crippen LogP contribution in [0.5, 0.6) is 0 Å². The number of fused-ring (bicyclic) bond motifs is 1. The highest BCUT2D eigenvalue weighted by molar-refractivity contribution is 7.10. The molecule has 0 saturated carbocycles. The molecule has 0 saturated heterocycles. The summed E-state index contributed by atoms with van der Waals surface area (Å²) in [5.74, 6) is 0.189. The Bertz CT molecular complexity index is 918. The van der Waals surface area contributed by atoms with Crippen molar-refractivity contribution in [3.63, 3.8) is 0 Å². The Morgan fingerprint density at radius 2 is 1.85 bits per heavy atom. The van der Waals surface area contributed by atoms with Gasteiger partial charge < -0.3 is 10.2 Å². The molecule has 1 aliphatic rings. The van der Waals surface area contributed by atoms with Crippen molar-refractivity contribution in [2.75, 3.05) is 11.4 Å². The Morgan fingerprint density at radius 3 is 2.59 bits per heavy atom. The Labute approximate surface area is 164 Å². The number of benzene rings is 2. The van der Waals surface area contributed by atoms with Crippen LogP contribution in [0.2, 0.25) is 0 Å². The second kappa shape index (κ2) is 7.67. The summed E-state index contributed by atoms with van der Waals surface area (Å²) in [5.41, 5.74) is 4.84. The normalized spacial score (nSPS) is 15.4. The molecule has 0 spiro atoms. The highest BCUT2D eigenvalue weighted by Gasteiger charge is 2.32. The zero-order chi connectivity index (χ0) is 18.8. The van der Waals surface area contributed by atoms with Crippen LogP contribution in [0.3, 0.4) is 0 Å². The molecule has 3 nitrogen and oxygen atoms in total. The number of quaternary nitrogens is 1. The van der Waals surface area contributed by atoms with Crippen molar-refractivity contribution in [1.29, 1.82) is 0 Å². The number of nitrogens with zero attached hydrogens (tertiary/aromatic N) is 1. The molecule has 4 heteroatoms. The minimum Gasteiger partial charge on any atom is -0.326 e. The first-order valence-corrected chi connectivity index (χ1v) is 10.4. The first-order valence-electron chi connectivity index (χ1n) is 9.48. The first-order chi connectivity index (χ1) is 13.1. The van der Waals surface area contributed by atoms with Crippen molar-refractivity contribution in [1.82, 2.24) is 0 Å². The number of aryl methyl sites for hydroxylation is 1. The van der Waals surface area contributed by atoms with E-state index in [9.17, 15) is 4.79 Å². The molecule has 2 atom stereocenters. The third-order valence-corrected chi connectivity index (χ3v) is 6.27. The van der Waals surface area contributed by atoms with E-state index in [1.807, 2.05) is 24.0 Å². The van der Waals surface area contributed by atoms with Crippen molar-refractivity contribution in [2.24, 2.45) is 0 Å². The van der Waals surface area contributed by atoms with Gasteiger partial charge in [0.05, 0.1) is 4.88 Å². The van der Waals surface area contributed by atoms with Crippen molar-refractivity contribution < 1.29 is 10.1 Å². The number of hydrogen-bond donors (Lipinski definition) is 1. The zero-order valence-corrected chi connectivity index (χ0v) is 16.6. The van der Waals surface area contributed by atoms with Gasteiger partial charge in [-0.1, -0.05) is 54.1 Å². The molecule has 138 valence electrons. The summed E-state index contributed by atoms with van der Waals surface area (Å²) in [6.07, 6.45) is 0.945. The second-order valence-electron chi connectivity index (χ2n) is 7.25. The molecule has 0 fully saturated rings. The van der Waals surface area contributed by atoms with Gasteiger partial charge in [0, 0.05) is 17.8 Å². The summed E-state index contributed by atoms with van der Waals surface area (Å²) >= 11 is 1.75. The number of rotatable bonds is 5. The van der Waals surface area contributed by atoms with E-state index in [1.54, 1.807) is 11.3 Å². The largest absolute Gasteiger partial charge is 0.326 e. The first kappa shape index (κ1) is 18.0. The smallest absolute Gasteiger partial charge is 0.284 e. The number of carbonyl (C=O) groups excluding carboxylic acids is 1. The highest BCUT2D eigenvalue weighted by Crippen LogP contribution is 2.28. The van der Waals surface area contributed by atoms with Crippen molar-refractivity contribution in [3.8, 4) is 0 Å². The molecule has 2 N–H and O–H groups in total. The fraction of sp³-hybridized carbons (Fsp3) is 0.261. The molecule has 1 amide bonds. The summed E-state index contributed by atoms with van der Waals surface area (Å²) in [6.45, 7) is 4.91. The van der Waals surface area contributed by atoms with Crippen LogP contribution in [-0.4, -0.2) is 18.5 Å². The summed E-state index contributed by atoms with van der Waals surface area (Å²) in [6, 6.07) is 21.1. The van der Waals surface area contributed by atoms with Gasteiger partial charge in [-0.05, 0) is 43.3 Å². The zero-order valence-electron chi connectivity index (χ0n) is 15.8. The summed E-state index contributed by atoms with van der Waals surface area (Å²) in [4.78, 5) is 16.4. The van der Waals surface area contributed by atoms with Crippen LogP contribution < -0.4 is 10.2 Å². The molecular formula is C23H25N2OS+. The molecule has 27 heavy (non-hydrogen) atoms. The van der Waals surface area contributed by atoms with E-state index in [0.717, 1.165) is 18.7 Å². The Hall–Kier alpha value is -2.43. The van der Waals surface area contributed by atoms with Crippen molar-refractivity contribution in [3.05, 3.63) is 87.6 Å². The van der Waals surface area contributed by atoms with Crippen LogP contribution in [0.4, 0.5) is 5.69 Å². The predicted molar refractivity (Wildman–Crippen MR) is 111 cm³/mol. The second-order valence-corrected chi connectivity index (χ2v) is 8.23. The Balaban J connectivity index is 1.56. The van der Waals surface area contributed by atoms with Crippen LogP contribution in [0.1, 0.15) is 34.5 Å². The molecule has 0 radical (unpaired) electrons. The molecule has 1 aliphatic heterocycles. The lowest BCUT2D eigenvalue weighted by atomic mass is 10.0. The number of carbonyl (C=O) groups is 1. The lowest BCUT2D eigenvalue weighted by molar-refractivity contribution is -0.704. The third-order valence-electron chi connectivity index (χ3n) is 5.31. The Kier molecular flexibility index (Phi) is 5.10. The number of thiophene rings is 1. The van der Waals surface area contributed by atoms with Gasteiger partial charge in [0.2, 0.25) is 0 Å². The SMILES string of the molecule is Cc1ccc([C@@H]([NH2+][C@H](C)C(=O)N2CCc3ccccc32)c2cccs2)cc1. The van der Waals surface area contributed by atoms with Crippen molar-refractivity contribution in [2.45, 2.75) is 32.4 Å². The Morgan fingerprint density at radius 1 is 1.07 bits per heavy atom. The van der Waals surface area contributed by atoms with E-state index in [1.165, 1.54) is 21.6 Å². The van der Waals surface area contributed by atoms with Crippen LogP contribution in [0, 0.1) is 6.92 Å². The summed E-state index contributed by atoms with van der Waals surface area (Å²) in [7, 11) is 0. The van der Waals surface area contributed by atoms with Gasteiger partial charge in [-0.25, -0.2) is 0 Å². The summed E-state index contributed by atoms with van der Waals surface area (Å²) in [5, 5.41) is 4.31. The maximum Gasteiger partial charge on any atom is 0.284 e. The predicted octanol–water partition coefficient (Wildman–Crippen LogP) is 3.69. The van der Waals surface area contributed by atoms with Gasteiger partial charge in [0.1, 0.15) is 6.04 Å². The minimum absolute atomic E-state index is 0.141. The topological polar surface area (TPSA) is 36.9 Å². The molecule has 0 aliphatic carbocycles. The molecular weight excluding hydrogens is 352 g/mol. The standard InChI is InChI=1S/C23H24N2OS/c1-16-9-11-19(12-10-16)22(21-8-5-15-27-21)24-17(2)23(26)25-14-13-18-6-3-4-7-20(18)25/h3-12,15,17,22,24H,13-14H2,1-2H3/p+1/t17-,22-/m1/s1. The molecule has 2 heterocycles. The fourth-order valence-corrected chi connectivity index (χ4v) is 4.63. The highest BCUT2D eigenvalue weighted by atomic mass is 32.1. The minimum atomic E-state index is -0.149. The van der Waals surface area contributed by atoms with E-state index in [0.29, 0.717) is 0 Å². The monoisotopic (exact) mass is 377 g/mol. The van der Waals surface area contributed by atoms with Crippen LogP contribution in [-0.2, 0) is 11.2 Å². The van der Waals surface area contributed by atoms with Gasteiger partial charge >= 0.3 is 0 Å². The van der Waals surface area contributed by atoms with Gasteiger partial charge in [-0.15, -0.1) is 11.3 Å². The van der Waals surface area contributed by atoms with E-state index in [4.69, 9.17) is 0 Å². The quantitative estimate of drug-likeness (QED) is 0.723. The number of nitrogens with two attached hydrogens (primary N) is 1. The van der Waals surface area contributed by atoms with Crippen LogP contribution in [0.25, 0.3) is 0 Å². The van der Waals surface area contributed by atoms with E-state index >= 15 is 0 Å². The van der Waals surface area contributed by atoms with Crippen LogP contribution in [0.15, 0.2) is 66.0 Å². The van der Waals surface area contributed by atoms with E-state index < -0.39 is 0 Å². The number of hydrogen-bond acceptors (Lipinski definition) is 2. The average Bonchev–Trinajstić information content (AvgIpc) is 3.36. The maximum absolute atomic E-state index is 13.2.